The molecule has 1 atom stereocenters. The molecule has 0 rings (SSSR count). The number of ether oxygens (including phenoxy) is 2. The molecule has 7 heteroatoms. The molecule has 0 saturated heterocycles. The van der Waals surface area contributed by atoms with Crippen LogP contribution in [0.2, 0.25) is 0 Å². The number of carbonyl (C=O) groups excluding carboxylic acids is 3. The minimum absolute atomic E-state index is 0.135. The molecule has 0 aromatic carbocycles. The quantitative estimate of drug-likeness (QED) is 0.0402. The topological polar surface area (TPSA) is 84.9 Å². The van der Waals surface area contributed by atoms with Crippen LogP contribution >= 0.6 is 0 Å². The summed E-state index contributed by atoms with van der Waals surface area (Å²) in [5.41, 5.74) is 0. The fourth-order valence-electron chi connectivity index (χ4n) is 5.39. The first-order valence-electron chi connectivity index (χ1n) is 20.3. The number of esters is 2. The van der Waals surface area contributed by atoms with Gasteiger partial charge in [-0.2, -0.15) is 0 Å². The van der Waals surface area contributed by atoms with E-state index >= 15 is 0 Å². The number of nitrogens with one attached hydrogen (secondary N) is 1. The second-order valence-corrected chi connectivity index (χ2v) is 13.8. The number of nitrogens with zero attached hydrogens (tertiary/aromatic N) is 1. The average Bonchev–Trinajstić information content (AvgIpc) is 3.09. The van der Waals surface area contributed by atoms with Crippen molar-refractivity contribution < 1.29 is 23.9 Å². The molecule has 288 valence electrons. The van der Waals surface area contributed by atoms with Crippen LogP contribution in [0.3, 0.4) is 0 Å². The maximum absolute atomic E-state index is 12.8. The number of unbranched alkanes of at least 4 members (excludes halogenated alkanes) is 17. The number of carbonyl (C=O) groups is 3. The number of hydrogen-bond acceptors (Lipinski definition) is 6. The molecule has 0 heterocycles. The second-order valence-electron chi connectivity index (χ2n) is 13.8. The minimum Gasteiger partial charge on any atom is -0.464 e. The summed E-state index contributed by atoms with van der Waals surface area (Å²) in [4.78, 5) is 39.2. The Morgan fingerprint density at radius 3 is 1.48 bits per heavy atom. The standard InChI is InChI=1S/C43H76N2O5/c1-5-7-9-11-13-15-17-19-21-23-25-27-29-31-33-35-37-49-43(48)40(44-41(46)38-45(3)4)39-50-42(47)36-34-32-30-28-26-24-22-20-18-16-14-12-10-8-6-2/h13-16,19-22,40H,5-12,17-18,23-39H2,1-4H3,(H,44,46)/b15-13-,16-14-,21-19-,22-20-/t40-/m0/s1. The van der Waals surface area contributed by atoms with E-state index in [1.54, 1.807) is 19.0 Å². The smallest absolute Gasteiger partial charge is 0.332 e. The number of likely N-dealkylation sites (N-methyl/N-ethyl adjacent to an activating group) is 1. The lowest BCUT2D eigenvalue weighted by molar-refractivity contribution is -0.154. The van der Waals surface area contributed by atoms with Gasteiger partial charge in [-0.15, -0.1) is 0 Å². The highest BCUT2D eigenvalue weighted by molar-refractivity contribution is 5.85. The van der Waals surface area contributed by atoms with Crippen molar-refractivity contribution in [2.24, 2.45) is 0 Å². The minimum atomic E-state index is -0.999. The van der Waals surface area contributed by atoms with Gasteiger partial charge in [0.25, 0.3) is 0 Å². The Labute approximate surface area is 307 Å². The predicted molar refractivity (Wildman–Crippen MR) is 211 cm³/mol. The number of hydrogen-bond donors (Lipinski definition) is 1. The molecule has 0 aliphatic heterocycles. The van der Waals surface area contributed by atoms with Gasteiger partial charge in [0, 0.05) is 6.42 Å². The van der Waals surface area contributed by atoms with Gasteiger partial charge >= 0.3 is 11.9 Å². The van der Waals surface area contributed by atoms with E-state index in [2.05, 4.69) is 67.8 Å². The highest BCUT2D eigenvalue weighted by atomic mass is 16.6. The van der Waals surface area contributed by atoms with Crippen LogP contribution in [-0.4, -0.2) is 62.6 Å². The van der Waals surface area contributed by atoms with Crippen LogP contribution < -0.4 is 5.32 Å². The molecule has 0 aromatic rings. The van der Waals surface area contributed by atoms with Crippen molar-refractivity contribution in [1.29, 1.82) is 0 Å². The Bertz CT molecular complexity index is 924. The lowest BCUT2D eigenvalue weighted by Gasteiger charge is -2.19. The van der Waals surface area contributed by atoms with Crippen molar-refractivity contribution in [3.63, 3.8) is 0 Å². The summed E-state index contributed by atoms with van der Waals surface area (Å²) in [5.74, 6) is -1.21. The summed E-state index contributed by atoms with van der Waals surface area (Å²) in [6.45, 7) is 4.69. The first-order chi connectivity index (χ1) is 24.4. The molecule has 7 nitrogen and oxygen atoms in total. The molecule has 0 bridgehead atoms. The molecule has 0 radical (unpaired) electrons. The van der Waals surface area contributed by atoms with Crippen LogP contribution in [0.1, 0.15) is 168 Å². The number of allylic oxidation sites excluding steroid dienone is 8. The summed E-state index contributed by atoms with van der Waals surface area (Å²) in [5, 5.41) is 2.68. The summed E-state index contributed by atoms with van der Waals surface area (Å²) >= 11 is 0. The fraction of sp³-hybridized carbons (Fsp3) is 0.744. The van der Waals surface area contributed by atoms with Crippen molar-refractivity contribution in [2.75, 3.05) is 33.9 Å². The third kappa shape index (κ3) is 35.2. The molecular weight excluding hydrogens is 624 g/mol. The molecule has 1 amide bonds. The van der Waals surface area contributed by atoms with Gasteiger partial charge in [0.05, 0.1) is 13.2 Å². The third-order valence-electron chi connectivity index (χ3n) is 8.41. The van der Waals surface area contributed by atoms with Crippen molar-refractivity contribution >= 4 is 17.8 Å². The fourth-order valence-corrected chi connectivity index (χ4v) is 5.39. The summed E-state index contributed by atoms with van der Waals surface area (Å²) in [6, 6.07) is -0.999. The molecular formula is C43H76N2O5. The largest absolute Gasteiger partial charge is 0.464 e. The van der Waals surface area contributed by atoms with Gasteiger partial charge in [-0.25, -0.2) is 4.79 Å². The number of amides is 1. The Hall–Kier alpha value is -2.67. The van der Waals surface area contributed by atoms with Gasteiger partial charge in [-0.05, 0) is 91.1 Å². The maximum Gasteiger partial charge on any atom is 0.332 e. The molecule has 0 unspecified atom stereocenters. The molecule has 0 aliphatic rings. The molecule has 0 aliphatic carbocycles. The molecule has 0 spiro atoms. The van der Waals surface area contributed by atoms with E-state index in [1.807, 2.05) is 0 Å². The van der Waals surface area contributed by atoms with Crippen LogP contribution in [-0.2, 0) is 23.9 Å². The van der Waals surface area contributed by atoms with Crippen LogP contribution in [0.25, 0.3) is 0 Å². The number of rotatable bonds is 35. The summed E-state index contributed by atoms with van der Waals surface area (Å²) in [7, 11) is 3.56. The lowest BCUT2D eigenvalue weighted by Crippen LogP contribution is -2.48. The van der Waals surface area contributed by atoms with Crippen LogP contribution in [0, 0.1) is 0 Å². The Morgan fingerprint density at radius 2 is 1.00 bits per heavy atom. The lowest BCUT2D eigenvalue weighted by atomic mass is 10.1. The van der Waals surface area contributed by atoms with Gasteiger partial charge in [0.2, 0.25) is 5.91 Å². The first-order valence-corrected chi connectivity index (χ1v) is 20.3. The normalized spacial score (nSPS) is 12.6. The van der Waals surface area contributed by atoms with E-state index < -0.39 is 12.0 Å². The first kappa shape index (κ1) is 47.3. The van der Waals surface area contributed by atoms with Gasteiger partial charge in [0.1, 0.15) is 6.61 Å². The van der Waals surface area contributed by atoms with E-state index in [1.165, 1.54) is 70.6 Å². The van der Waals surface area contributed by atoms with Crippen LogP contribution in [0.4, 0.5) is 0 Å². The van der Waals surface area contributed by atoms with Crippen molar-refractivity contribution in [1.82, 2.24) is 10.2 Å². The van der Waals surface area contributed by atoms with Crippen LogP contribution in [0.15, 0.2) is 48.6 Å². The summed E-state index contributed by atoms with van der Waals surface area (Å²) < 4.78 is 10.9. The SMILES string of the molecule is CCCCC/C=C\C/C=C\CCCCCCCCOC(=O)[C@H](COC(=O)CCCCCCC/C=C\C/C=C\CCCCC)NC(=O)CN(C)C. The second kappa shape index (κ2) is 37.6. The van der Waals surface area contributed by atoms with Gasteiger partial charge in [0.15, 0.2) is 6.04 Å². The van der Waals surface area contributed by atoms with Gasteiger partial charge in [-0.1, -0.05) is 133 Å². The summed E-state index contributed by atoms with van der Waals surface area (Å²) in [6.07, 6.45) is 44.5. The zero-order valence-electron chi connectivity index (χ0n) is 32.8. The van der Waals surface area contributed by atoms with Gasteiger partial charge in [-0.3, -0.25) is 9.59 Å². The van der Waals surface area contributed by atoms with E-state index in [0.717, 1.165) is 77.0 Å². The Morgan fingerprint density at radius 1 is 0.560 bits per heavy atom. The van der Waals surface area contributed by atoms with E-state index in [4.69, 9.17) is 9.47 Å². The molecule has 50 heavy (non-hydrogen) atoms. The van der Waals surface area contributed by atoms with Crippen molar-refractivity contribution in [2.45, 2.75) is 174 Å². The highest BCUT2D eigenvalue weighted by Crippen LogP contribution is 2.11. The monoisotopic (exact) mass is 701 g/mol. The van der Waals surface area contributed by atoms with Gasteiger partial charge < -0.3 is 19.7 Å². The highest BCUT2D eigenvalue weighted by Gasteiger charge is 2.24. The average molecular weight is 701 g/mol. The molecule has 1 N–H and O–H groups in total. The zero-order valence-corrected chi connectivity index (χ0v) is 32.8. The molecule has 0 saturated carbocycles. The Kier molecular flexibility index (Phi) is 35.6. The van der Waals surface area contributed by atoms with E-state index in [-0.39, 0.29) is 25.0 Å². The third-order valence-corrected chi connectivity index (χ3v) is 8.41. The maximum atomic E-state index is 12.8. The van der Waals surface area contributed by atoms with Crippen LogP contribution in [0.5, 0.6) is 0 Å². The molecule has 0 fully saturated rings. The van der Waals surface area contributed by atoms with E-state index in [0.29, 0.717) is 13.0 Å². The molecule has 0 aromatic heterocycles. The predicted octanol–water partition coefficient (Wildman–Crippen LogP) is 10.7. The van der Waals surface area contributed by atoms with Crippen molar-refractivity contribution in [3.8, 4) is 0 Å². The Balaban J connectivity index is 4.10. The van der Waals surface area contributed by atoms with Crippen molar-refractivity contribution in [3.05, 3.63) is 48.6 Å². The van der Waals surface area contributed by atoms with E-state index in [9.17, 15) is 14.4 Å². The zero-order chi connectivity index (χ0) is 36.8.